The predicted molar refractivity (Wildman–Crippen MR) is 63.4 cm³/mol. The molecule has 1 aromatic carbocycles. The number of rotatable bonds is 5. The first kappa shape index (κ1) is 12.7. The SMILES string of the molecule is O=C(O)C=CC(C=Cc1ccccc1)C(=O)O. The molecule has 2 N–H and O–H groups in total. The second kappa shape index (κ2) is 6.27. The van der Waals surface area contributed by atoms with Gasteiger partial charge < -0.3 is 10.2 Å². The van der Waals surface area contributed by atoms with Gasteiger partial charge in [-0.15, -0.1) is 0 Å². The van der Waals surface area contributed by atoms with Crippen LogP contribution in [0.25, 0.3) is 6.08 Å². The number of benzene rings is 1. The fourth-order valence-corrected chi connectivity index (χ4v) is 1.19. The summed E-state index contributed by atoms with van der Waals surface area (Å²) in [4.78, 5) is 21.1. The van der Waals surface area contributed by atoms with E-state index in [0.717, 1.165) is 17.7 Å². The lowest BCUT2D eigenvalue weighted by Gasteiger charge is -1.99. The number of aliphatic carboxylic acids is 2. The van der Waals surface area contributed by atoms with Gasteiger partial charge in [0.2, 0.25) is 0 Å². The van der Waals surface area contributed by atoms with Crippen molar-refractivity contribution in [2.75, 3.05) is 0 Å². The van der Waals surface area contributed by atoms with Crippen LogP contribution in [0.15, 0.2) is 48.6 Å². The third-order valence-corrected chi connectivity index (χ3v) is 2.03. The number of hydrogen-bond donors (Lipinski definition) is 2. The molecule has 0 aliphatic heterocycles. The normalized spacial score (nSPS) is 12.9. The van der Waals surface area contributed by atoms with Crippen LogP contribution in [0.2, 0.25) is 0 Å². The van der Waals surface area contributed by atoms with Crippen molar-refractivity contribution in [3.63, 3.8) is 0 Å². The van der Waals surface area contributed by atoms with Crippen molar-refractivity contribution in [3.05, 3.63) is 54.1 Å². The first-order valence-electron chi connectivity index (χ1n) is 4.97. The van der Waals surface area contributed by atoms with Crippen LogP contribution in [0.5, 0.6) is 0 Å². The summed E-state index contributed by atoms with van der Waals surface area (Å²) in [6.07, 6.45) is 5.04. The fourth-order valence-electron chi connectivity index (χ4n) is 1.19. The molecule has 0 spiro atoms. The minimum atomic E-state index is -1.16. The topological polar surface area (TPSA) is 74.6 Å². The van der Waals surface area contributed by atoms with Crippen molar-refractivity contribution in [2.24, 2.45) is 5.92 Å². The van der Waals surface area contributed by atoms with Gasteiger partial charge in [-0.2, -0.15) is 0 Å². The number of carbonyl (C=O) groups is 2. The molecule has 1 atom stereocenters. The summed E-state index contributed by atoms with van der Waals surface area (Å²) in [5.41, 5.74) is 0.863. The van der Waals surface area contributed by atoms with Crippen molar-refractivity contribution in [1.29, 1.82) is 0 Å². The molecule has 0 aliphatic rings. The first-order chi connectivity index (χ1) is 8.09. The lowest BCUT2D eigenvalue weighted by atomic mass is 10.1. The average Bonchev–Trinajstić information content (AvgIpc) is 2.29. The molecular weight excluding hydrogens is 220 g/mol. The molecule has 1 unspecified atom stereocenters. The minimum absolute atomic E-state index is 0.828. The molecule has 0 fully saturated rings. The number of carboxylic acid groups (broad SMARTS) is 2. The van der Waals surface area contributed by atoms with E-state index in [0.29, 0.717) is 0 Å². The average molecular weight is 232 g/mol. The summed E-state index contributed by atoms with van der Waals surface area (Å²) in [7, 11) is 0. The van der Waals surface area contributed by atoms with Gasteiger partial charge in [0.25, 0.3) is 0 Å². The van der Waals surface area contributed by atoms with Crippen LogP contribution in [0.3, 0.4) is 0 Å². The third-order valence-electron chi connectivity index (χ3n) is 2.03. The van der Waals surface area contributed by atoms with E-state index in [1.54, 1.807) is 6.08 Å². The highest BCUT2D eigenvalue weighted by Crippen LogP contribution is 2.07. The van der Waals surface area contributed by atoms with Gasteiger partial charge >= 0.3 is 11.9 Å². The molecule has 1 rings (SSSR count). The monoisotopic (exact) mass is 232 g/mol. The van der Waals surface area contributed by atoms with Crippen LogP contribution < -0.4 is 0 Å². The smallest absolute Gasteiger partial charge is 0.328 e. The van der Waals surface area contributed by atoms with Crippen molar-refractivity contribution in [2.45, 2.75) is 0 Å². The lowest BCUT2D eigenvalue weighted by Crippen LogP contribution is -2.08. The van der Waals surface area contributed by atoms with E-state index in [1.807, 2.05) is 30.3 Å². The molecule has 1 aromatic rings. The predicted octanol–water partition coefficient (Wildman–Crippen LogP) is 2.04. The molecule has 0 saturated carbocycles. The van der Waals surface area contributed by atoms with Gasteiger partial charge in [0.1, 0.15) is 0 Å². The fraction of sp³-hybridized carbons (Fsp3) is 0.0769. The molecule has 88 valence electrons. The molecule has 0 amide bonds. The van der Waals surface area contributed by atoms with Crippen molar-refractivity contribution < 1.29 is 19.8 Å². The summed E-state index contributed by atoms with van der Waals surface area (Å²) in [5.74, 6) is -3.19. The molecule has 4 heteroatoms. The van der Waals surface area contributed by atoms with Crippen LogP contribution in [-0.4, -0.2) is 22.2 Å². The summed E-state index contributed by atoms with van der Waals surface area (Å²) in [6.45, 7) is 0. The zero-order valence-corrected chi connectivity index (χ0v) is 8.98. The van der Waals surface area contributed by atoms with Gasteiger partial charge in [0.05, 0.1) is 5.92 Å². The highest BCUT2D eigenvalue weighted by Gasteiger charge is 2.09. The number of hydrogen-bond acceptors (Lipinski definition) is 2. The minimum Gasteiger partial charge on any atom is -0.481 e. The van der Waals surface area contributed by atoms with E-state index >= 15 is 0 Å². The van der Waals surface area contributed by atoms with Crippen molar-refractivity contribution in [1.82, 2.24) is 0 Å². The van der Waals surface area contributed by atoms with Gasteiger partial charge in [-0.05, 0) is 5.56 Å². The van der Waals surface area contributed by atoms with Gasteiger partial charge in [0.15, 0.2) is 0 Å². The Morgan fingerprint density at radius 1 is 1.06 bits per heavy atom. The van der Waals surface area contributed by atoms with Gasteiger partial charge in [-0.25, -0.2) is 4.79 Å². The van der Waals surface area contributed by atoms with Crippen LogP contribution in [0.1, 0.15) is 5.56 Å². The quantitative estimate of drug-likeness (QED) is 0.762. The third kappa shape index (κ3) is 4.79. The molecule has 0 saturated heterocycles. The molecule has 0 bridgehead atoms. The van der Waals surface area contributed by atoms with E-state index in [9.17, 15) is 9.59 Å². The van der Waals surface area contributed by atoms with E-state index < -0.39 is 17.9 Å². The standard InChI is InChI=1S/C13H12O4/c14-12(15)9-8-11(13(16)17)7-6-10-4-2-1-3-5-10/h1-9,11H,(H,14,15)(H,16,17). The Hall–Kier alpha value is -2.36. The molecule has 0 aromatic heterocycles. The Labute approximate surface area is 98.5 Å². The number of carboxylic acids is 2. The molecule has 0 heterocycles. The van der Waals surface area contributed by atoms with E-state index in [2.05, 4.69) is 0 Å². The Morgan fingerprint density at radius 2 is 1.71 bits per heavy atom. The lowest BCUT2D eigenvalue weighted by molar-refractivity contribution is -0.138. The molecule has 0 aliphatic carbocycles. The maximum atomic E-state index is 10.8. The maximum absolute atomic E-state index is 10.8. The van der Waals surface area contributed by atoms with Crippen LogP contribution >= 0.6 is 0 Å². The van der Waals surface area contributed by atoms with E-state index in [-0.39, 0.29) is 0 Å². The summed E-state index contributed by atoms with van der Waals surface area (Å²) in [5, 5.41) is 17.3. The summed E-state index contributed by atoms with van der Waals surface area (Å²) in [6, 6.07) is 9.19. The largest absolute Gasteiger partial charge is 0.481 e. The van der Waals surface area contributed by atoms with Crippen LogP contribution in [0, 0.1) is 5.92 Å². The summed E-state index contributed by atoms with van der Waals surface area (Å²) >= 11 is 0. The van der Waals surface area contributed by atoms with Crippen molar-refractivity contribution in [3.8, 4) is 0 Å². The van der Waals surface area contributed by atoms with Crippen molar-refractivity contribution >= 4 is 18.0 Å². The Morgan fingerprint density at radius 3 is 2.24 bits per heavy atom. The summed E-state index contributed by atoms with van der Waals surface area (Å²) < 4.78 is 0. The molecule has 17 heavy (non-hydrogen) atoms. The molecular formula is C13H12O4. The Kier molecular flexibility index (Phi) is 4.69. The maximum Gasteiger partial charge on any atom is 0.328 e. The highest BCUT2D eigenvalue weighted by atomic mass is 16.4. The zero-order valence-electron chi connectivity index (χ0n) is 8.98. The zero-order chi connectivity index (χ0) is 12.7. The van der Waals surface area contributed by atoms with Crippen LogP contribution in [0.4, 0.5) is 0 Å². The highest BCUT2D eigenvalue weighted by molar-refractivity contribution is 5.82. The van der Waals surface area contributed by atoms with E-state index in [1.165, 1.54) is 6.08 Å². The molecule has 0 radical (unpaired) electrons. The van der Waals surface area contributed by atoms with Gasteiger partial charge in [-0.3, -0.25) is 4.79 Å². The van der Waals surface area contributed by atoms with Crippen LogP contribution in [-0.2, 0) is 9.59 Å². The Bertz CT molecular complexity index is 446. The Balaban J connectivity index is 2.77. The first-order valence-corrected chi connectivity index (χ1v) is 4.97. The van der Waals surface area contributed by atoms with E-state index in [4.69, 9.17) is 10.2 Å². The van der Waals surface area contributed by atoms with Gasteiger partial charge in [-0.1, -0.05) is 48.6 Å². The second-order valence-electron chi connectivity index (χ2n) is 3.33. The van der Waals surface area contributed by atoms with Gasteiger partial charge in [0, 0.05) is 6.08 Å². The second-order valence-corrected chi connectivity index (χ2v) is 3.33. The molecule has 4 nitrogen and oxygen atoms in total.